The summed E-state index contributed by atoms with van der Waals surface area (Å²) in [4.78, 5) is 17.7. The van der Waals surface area contributed by atoms with Crippen LogP contribution in [0.2, 0.25) is 0 Å². The number of carbonyl (C=O) groups is 1. The van der Waals surface area contributed by atoms with Crippen molar-refractivity contribution in [1.29, 1.82) is 0 Å². The summed E-state index contributed by atoms with van der Waals surface area (Å²) in [5, 5.41) is 2.99. The van der Waals surface area contributed by atoms with E-state index >= 15 is 0 Å². The second-order valence-corrected chi connectivity index (χ2v) is 9.11. The molecule has 1 N–H and O–H groups in total. The van der Waals surface area contributed by atoms with Gasteiger partial charge < -0.3 is 28.8 Å². The number of nitrogens with zero attached hydrogens (tertiary/aromatic N) is 2. The second kappa shape index (κ2) is 12.4. The zero-order chi connectivity index (χ0) is 27.1. The minimum absolute atomic E-state index is 0.228. The van der Waals surface area contributed by atoms with Crippen LogP contribution in [0, 0.1) is 13.8 Å². The van der Waals surface area contributed by atoms with Gasteiger partial charge in [-0.15, -0.1) is 0 Å². The molecule has 3 aromatic carbocycles. The predicted molar refractivity (Wildman–Crippen MR) is 148 cm³/mol. The van der Waals surface area contributed by atoms with Gasteiger partial charge in [-0.1, -0.05) is 18.2 Å². The molecule has 8 heteroatoms. The molecule has 4 aromatic rings. The molecule has 0 aliphatic heterocycles. The Bertz CT molecular complexity index is 1370. The number of imidazole rings is 1. The maximum Gasteiger partial charge on any atom is 0.251 e. The van der Waals surface area contributed by atoms with E-state index in [1.165, 1.54) is 32.5 Å². The molecule has 0 aliphatic carbocycles. The molecule has 0 saturated carbocycles. The van der Waals surface area contributed by atoms with Crippen molar-refractivity contribution in [3.8, 4) is 23.0 Å². The molecule has 38 heavy (non-hydrogen) atoms. The Hall–Kier alpha value is -4.20. The minimum atomic E-state index is -0.228. The van der Waals surface area contributed by atoms with Crippen LogP contribution < -0.4 is 24.3 Å². The molecule has 0 fully saturated rings. The lowest BCUT2D eigenvalue weighted by atomic mass is 10.1. The number of nitrogens with one attached hydrogen (secondary N) is 1. The highest BCUT2D eigenvalue weighted by atomic mass is 16.5. The first-order chi connectivity index (χ1) is 18.4. The topological polar surface area (TPSA) is 83.8 Å². The molecular formula is C30H35N3O5. The number of hydrogen-bond donors (Lipinski definition) is 1. The van der Waals surface area contributed by atoms with Crippen LogP contribution in [0.25, 0.3) is 11.0 Å². The summed E-state index contributed by atoms with van der Waals surface area (Å²) < 4.78 is 24.3. The van der Waals surface area contributed by atoms with E-state index in [9.17, 15) is 4.79 Å². The van der Waals surface area contributed by atoms with Gasteiger partial charge in [-0.3, -0.25) is 4.79 Å². The first-order valence-corrected chi connectivity index (χ1v) is 12.7. The van der Waals surface area contributed by atoms with Crippen molar-refractivity contribution in [3.05, 3.63) is 77.1 Å². The van der Waals surface area contributed by atoms with Crippen molar-refractivity contribution in [3.63, 3.8) is 0 Å². The average Bonchev–Trinajstić information content (AvgIpc) is 3.26. The van der Waals surface area contributed by atoms with E-state index in [0.29, 0.717) is 42.4 Å². The van der Waals surface area contributed by atoms with Gasteiger partial charge >= 0.3 is 0 Å². The van der Waals surface area contributed by atoms with Crippen LogP contribution in [0.5, 0.6) is 23.0 Å². The van der Waals surface area contributed by atoms with E-state index in [2.05, 4.69) is 48.0 Å². The number of aromatic nitrogens is 2. The highest BCUT2D eigenvalue weighted by molar-refractivity contribution is 5.95. The Morgan fingerprint density at radius 2 is 1.61 bits per heavy atom. The number of methoxy groups -OCH3 is 3. The van der Waals surface area contributed by atoms with Crippen LogP contribution in [0.3, 0.4) is 0 Å². The lowest BCUT2D eigenvalue weighted by molar-refractivity contribution is 0.0953. The van der Waals surface area contributed by atoms with Gasteiger partial charge in [-0.2, -0.15) is 0 Å². The summed E-state index contributed by atoms with van der Waals surface area (Å²) in [5.41, 5.74) is 4.82. The quantitative estimate of drug-likeness (QED) is 0.263. The molecule has 0 aliphatic rings. The normalized spacial score (nSPS) is 10.9. The molecule has 1 heterocycles. The lowest BCUT2D eigenvalue weighted by Crippen LogP contribution is -2.26. The average molecular weight is 518 g/mol. The first kappa shape index (κ1) is 26.9. The molecule has 0 bridgehead atoms. The number of fused-ring (bicyclic) bond motifs is 1. The third kappa shape index (κ3) is 6.19. The molecule has 4 rings (SSSR count). The number of para-hydroxylation sites is 2. The van der Waals surface area contributed by atoms with Crippen molar-refractivity contribution < 1.29 is 23.7 Å². The standard InChI is InChI=1S/C30H35N3O5/c1-20-15-21(2)17-23(16-20)38-14-8-13-33-25-10-7-6-9-24(25)32-28(33)11-12-31-30(34)22-18-26(35-3)29(37-5)27(19-22)36-4/h6-7,9-10,15-19H,8,11-14H2,1-5H3,(H,31,34). The number of aryl methyl sites for hydroxylation is 3. The Balaban J connectivity index is 1.41. The third-order valence-electron chi connectivity index (χ3n) is 6.28. The summed E-state index contributed by atoms with van der Waals surface area (Å²) in [6.07, 6.45) is 1.42. The summed E-state index contributed by atoms with van der Waals surface area (Å²) in [7, 11) is 4.58. The maximum atomic E-state index is 12.9. The number of amides is 1. The molecule has 1 aromatic heterocycles. The summed E-state index contributed by atoms with van der Waals surface area (Å²) in [6.45, 7) is 5.94. The summed E-state index contributed by atoms with van der Waals surface area (Å²) in [5.74, 6) is 2.90. The van der Waals surface area contributed by atoms with Gasteiger partial charge in [-0.05, 0) is 67.8 Å². The van der Waals surface area contributed by atoms with E-state index in [-0.39, 0.29) is 5.91 Å². The lowest BCUT2D eigenvalue weighted by Gasteiger charge is -2.14. The fourth-order valence-corrected chi connectivity index (χ4v) is 4.60. The Morgan fingerprint density at radius 1 is 0.921 bits per heavy atom. The van der Waals surface area contributed by atoms with Crippen molar-refractivity contribution in [1.82, 2.24) is 14.9 Å². The maximum absolute atomic E-state index is 12.9. The van der Waals surface area contributed by atoms with E-state index in [1.807, 2.05) is 18.2 Å². The van der Waals surface area contributed by atoms with E-state index in [1.54, 1.807) is 12.1 Å². The van der Waals surface area contributed by atoms with Crippen LogP contribution in [-0.4, -0.2) is 49.9 Å². The van der Waals surface area contributed by atoms with E-state index < -0.39 is 0 Å². The fraction of sp³-hybridized carbons (Fsp3) is 0.333. The SMILES string of the molecule is COc1cc(C(=O)NCCc2nc3ccccc3n2CCCOc2cc(C)cc(C)c2)cc(OC)c1OC. The highest BCUT2D eigenvalue weighted by Gasteiger charge is 2.17. The predicted octanol–water partition coefficient (Wildman–Crippen LogP) is 5.12. The van der Waals surface area contributed by atoms with Crippen LogP contribution in [0.1, 0.15) is 33.7 Å². The second-order valence-electron chi connectivity index (χ2n) is 9.11. The number of hydrogen-bond acceptors (Lipinski definition) is 6. The Kier molecular flexibility index (Phi) is 8.73. The van der Waals surface area contributed by atoms with Crippen LogP contribution >= 0.6 is 0 Å². The van der Waals surface area contributed by atoms with E-state index in [0.717, 1.165) is 35.6 Å². The summed E-state index contributed by atoms with van der Waals surface area (Å²) >= 11 is 0. The first-order valence-electron chi connectivity index (χ1n) is 12.7. The smallest absolute Gasteiger partial charge is 0.251 e. The molecule has 1 amide bonds. The van der Waals surface area contributed by atoms with Crippen molar-refractivity contribution >= 4 is 16.9 Å². The van der Waals surface area contributed by atoms with E-state index in [4.69, 9.17) is 23.9 Å². The summed E-state index contributed by atoms with van der Waals surface area (Å²) in [6, 6.07) is 17.6. The zero-order valence-electron chi connectivity index (χ0n) is 22.7. The largest absolute Gasteiger partial charge is 0.494 e. The number of rotatable bonds is 12. The molecule has 0 spiro atoms. The molecule has 0 saturated heterocycles. The van der Waals surface area contributed by atoms with Crippen LogP contribution in [-0.2, 0) is 13.0 Å². The van der Waals surface area contributed by atoms with Gasteiger partial charge in [0, 0.05) is 25.1 Å². The Labute approximate surface area is 223 Å². The third-order valence-corrected chi connectivity index (χ3v) is 6.28. The van der Waals surface area contributed by atoms with Gasteiger partial charge in [0.25, 0.3) is 5.91 Å². The van der Waals surface area contributed by atoms with Gasteiger partial charge in [0.1, 0.15) is 11.6 Å². The van der Waals surface area contributed by atoms with Gasteiger partial charge in [0.05, 0.1) is 39.0 Å². The number of ether oxygens (including phenoxy) is 4. The number of benzene rings is 3. The van der Waals surface area contributed by atoms with Crippen LogP contribution in [0.15, 0.2) is 54.6 Å². The van der Waals surface area contributed by atoms with Crippen LogP contribution in [0.4, 0.5) is 0 Å². The molecule has 0 atom stereocenters. The molecule has 0 radical (unpaired) electrons. The monoisotopic (exact) mass is 517 g/mol. The zero-order valence-corrected chi connectivity index (χ0v) is 22.7. The van der Waals surface area contributed by atoms with Crippen molar-refractivity contribution in [2.24, 2.45) is 0 Å². The van der Waals surface area contributed by atoms with Gasteiger partial charge in [0.15, 0.2) is 11.5 Å². The number of carbonyl (C=O) groups excluding carboxylic acids is 1. The fourth-order valence-electron chi connectivity index (χ4n) is 4.60. The molecule has 8 nitrogen and oxygen atoms in total. The minimum Gasteiger partial charge on any atom is -0.494 e. The van der Waals surface area contributed by atoms with Gasteiger partial charge in [-0.25, -0.2) is 4.98 Å². The highest BCUT2D eigenvalue weighted by Crippen LogP contribution is 2.38. The Morgan fingerprint density at radius 3 is 2.26 bits per heavy atom. The molecular weight excluding hydrogens is 482 g/mol. The van der Waals surface area contributed by atoms with Crippen molar-refractivity contribution in [2.75, 3.05) is 34.5 Å². The molecule has 200 valence electrons. The van der Waals surface area contributed by atoms with Gasteiger partial charge in [0.2, 0.25) is 5.75 Å². The van der Waals surface area contributed by atoms with Crippen molar-refractivity contribution in [2.45, 2.75) is 33.2 Å². The molecule has 0 unspecified atom stereocenters.